The zero-order valence-corrected chi connectivity index (χ0v) is 30.0. The summed E-state index contributed by atoms with van der Waals surface area (Å²) in [5.74, 6) is -2.35. The highest BCUT2D eigenvalue weighted by atomic mass is 35.5. The van der Waals surface area contributed by atoms with Crippen LogP contribution in [0.2, 0.25) is 5.02 Å². The summed E-state index contributed by atoms with van der Waals surface area (Å²) >= 11 is 6.59. The molecule has 2 aliphatic heterocycles. The van der Waals surface area contributed by atoms with Crippen molar-refractivity contribution in [3.63, 3.8) is 0 Å². The number of fused-ring (bicyclic) bond motifs is 1. The van der Waals surface area contributed by atoms with Crippen LogP contribution >= 0.6 is 11.6 Å². The fourth-order valence-corrected chi connectivity index (χ4v) is 8.27. The van der Waals surface area contributed by atoms with E-state index in [4.69, 9.17) is 16.3 Å². The number of nitrogens with zero attached hydrogens (tertiary/aromatic N) is 5. The quantitative estimate of drug-likeness (QED) is 0.216. The summed E-state index contributed by atoms with van der Waals surface area (Å²) in [6.45, 7) is 4.24. The summed E-state index contributed by atoms with van der Waals surface area (Å²) in [6, 6.07) is 14.1. The number of aryl methyl sites for hydroxylation is 1. The van der Waals surface area contributed by atoms with Crippen molar-refractivity contribution in [1.82, 2.24) is 19.4 Å². The second-order valence-corrected chi connectivity index (χ2v) is 14.6. The molecule has 0 unspecified atom stereocenters. The molecule has 11 nitrogen and oxygen atoms in total. The number of carbonyl (C=O) groups is 3. The maximum atomic E-state index is 15.6. The van der Waals surface area contributed by atoms with Crippen molar-refractivity contribution in [1.29, 1.82) is 0 Å². The van der Waals surface area contributed by atoms with Gasteiger partial charge in [-0.25, -0.2) is 4.39 Å². The molecule has 0 radical (unpaired) electrons. The fraction of sp³-hybridized carbons (Fsp3) is 0.436. The summed E-state index contributed by atoms with van der Waals surface area (Å²) in [7, 11) is 1.85. The third-order valence-corrected chi connectivity index (χ3v) is 11.3. The first-order chi connectivity index (χ1) is 25.1. The Balaban J connectivity index is 1.02. The van der Waals surface area contributed by atoms with Gasteiger partial charge in [-0.2, -0.15) is 0 Å². The average Bonchev–Trinajstić information content (AvgIpc) is 3.75. The number of carboxylic acid groups (broad SMARTS) is 1. The molecule has 7 rings (SSSR count). The van der Waals surface area contributed by atoms with Crippen LogP contribution in [0.15, 0.2) is 67.1 Å². The molecule has 0 spiro atoms. The van der Waals surface area contributed by atoms with Crippen molar-refractivity contribution in [2.45, 2.75) is 56.7 Å². The Hall–Kier alpha value is -4.52. The number of carboxylic acids is 1. The fourth-order valence-electron chi connectivity index (χ4n) is 8.04. The first kappa shape index (κ1) is 35.9. The van der Waals surface area contributed by atoms with E-state index in [-0.39, 0.29) is 52.7 Å². The van der Waals surface area contributed by atoms with Crippen LogP contribution in [0.4, 0.5) is 15.8 Å². The number of amides is 2. The Labute approximate surface area is 307 Å². The lowest BCUT2D eigenvalue weighted by molar-refractivity contribution is -0.144. The van der Waals surface area contributed by atoms with Crippen LogP contribution in [0.3, 0.4) is 0 Å². The Morgan fingerprint density at radius 2 is 1.75 bits per heavy atom. The molecule has 3 fully saturated rings. The Bertz CT molecular complexity index is 1930. The monoisotopic (exact) mass is 730 g/mol. The number of para-hydroxylation sites is 1. The van der Waals surface area contributed by atoms with Crippen LogP contribution in [0.1, 0.15) is 48.0 Å². The number of benzene rings is 2. The zero-order valence-electron chi connectivity index (χ0n) is 29.2. The van der Waals surface area contributed by atoms with Gasteiger partial charge in [-0.05, 0) is 68.0 Å². The molecular weight excluding hydrogens is 687 g/mol. The minimum atomic E-state index is -0.759. The van der Waals surface area contributed by atoms with E-state index in [1.807, 2.05) is 52.9 Å². The summed E-state index contributed by atoms with van der Waals surface area (Å²) in [5.41, 5.74) is 2.76. The van der Waals surface area contributed by atoms with Crippen LogP contribution in [0.5, 0.6) is 0 Å². The predicted molar refractivity (Wildman–Crippen MR) is 197 cm³/mol. The second kappa shape index (κ2) is 15.6. The second-order valence-electron chi connectivity index (χ2n) is 14.2. The predicted octanol–water partition coefficient (Wildman–Crippen LogP) is 5.61. The molecule has 1 saturated carbocycles. The standard InChI is InChI=1S/C39H44ClFN6O5/c1-44-23-32(31-4-2-3-5-36(31)44)38(49)43-35-21-34(41)26(18-33(35)40)19-37(48)47-22-28(46-16-14-45(15-17-46)27-10-12-42-13-11-27)20-29(47)24-52-30-8-6-25(7-9-30)39(50)51/h2-5,10-13,18,21,23,25,28-30H,6-9,14-17,19-20,22,24H2,1H3,(H,43,49)(H,50,51)/t25?,28-,29-,30?/m0/s1. The molecule has 2 atom stereocenters. The van der Waals surface area contributed by atoms with E-state index < -0.39 is 17.7 Å². The van der Waals surface area contributed by atoms with E-state index in [1.165, 1.54) is 12.1 Å². The van der Waals surface area contributed by atoms with Gasteiger partial charge in [0.05, 0.1) is 47.4 Å². The van der Waals surface area contributed by atoms with Gasteiger partial charge in [0, 0.05) is 81.0 Å². The van der Waals surface area contributed by atoms with E-state index in [1.54, 1.807) is 18.6 Å². The van der Waals surface area contributed by atoms with Gasteiger partial charge >= 0.3 is 5.97 Å². The van der Waals surface area contributed by atoms with Gasteiger partial charge in [0.15, 0.2) is 0 Å². The van der Waals surface area contributed by atoms with Crippen molar-refractivity contribution < 1.29 is 28.6 Å². The van der Waals surface area contributed by atoms with Crippen LogP contribution in [-0.2, 0) is 27.8 Å². The molecule has 2 aromatic heterocycles. The van der Waals surface area contributed by atoms with E-state index in [2.05, 4.69) is 20.1 Å². The van der Waals surface area contributed by atoms with Gasteiger partial charge in [0.2, 0.25) is 5.91 Å². The number of carbonyl (C=O) groups excluding carboxylic acids is 2. The maximum Gasteiger partial charge on any atom is 0.306 e. The molecule has 0 bridgehead atoms. The Morgan fingerprint density at radius 3 is 2.48 bits per heavy atom. The lowest BCUT2D eigenvalue weighted by Crippen LogP contribution is -2.51. The molecule has 2 amide bonds. The highest BCUT2D eigenvalue weighted by molar-refractivity contribution is 6.34. The number of aliphatic carboxylic acids is 1. The molecular formula is C39H44ClFN6O5. The molecule has 4 heterocycles. The summed E-state index contributed by atoms with van der Waals surface area (Å²) < 4.78 is 23.8. The lowest BCUT2D eigenvalue weighted by atomic mass is 9.87. The summed E-state index contributed by atoms with van der Waals surface area (Å²) in [4.78, 5) is 49.4. The van der Waals surface area contributed by atoms with E-state index in [0.29, 0.717) is 44.4 Å². The molecule has 2 N–H and O–H groups in total. The number of anilines is 2. The lowest BCUT2D eigenvalue weighted by Gasteiger charge is -2.39. The molecule has 2 aromatic carbocycles. The number of hydrogen-bond acceptors (Lipinski definition) is 7. The van der Waals surface area contributed by atoms with Crippen molar-refractivity contribution >= 4 is 51.7 Å². The molecule has 1 aliphatic carbocycles. The van der Waals surface area contributed by atoms with Crippen molar-refractivity contribution in [2.75, 3.05) is 49.5 Å². The highest BCUT2D eigenvalue weighted by Gasteiger charge is 2.40. The maximum absolute atomic E-state index is 15.6. The number of nitrogens with one attached hydrogen (secondary N) is 1. The van der Waals surface area contributed by atoms with Gasteiger partial charge in [-0.1, -0.05) is 29.8 Å². The van der Waals surface area contributed by atoms with Gasteiger partial charge in [-0.3, -0.25) is 24.3 Å². The van der Waals surface area contributed by atoms with Crippen molar-refractivity contribution in [3.8, 4) is 0 Å². The Morgan fingerprint density at radius 1 is 1.02 bits per heavy atom. The minimum Gasteiger partial charge on any atom is -0.481 e. The first-order valence-corrected chi connectivity index (χ1v) is 18.4. The Kier molecular flexibility index (Phi) is 10.8. The summed E-state index contributed by atoms with van der Waals surface area (Å²) in [5, 5.41) is 13.1. The van der Waals surface area contributed by atoms with Crippen molar-refractivity contribution in [3.05, 3.63) is 89.1 Å². The molecule has 2 saturated heterocycles. The van der Waals surface area contributed by atoms with Gasteiger partial charge in [0.25, 0.3) is 5.91 Å². The number of pyridine rings is 1. The number of piperazine rings is 1. The van der Waals surface area contributed by atoms with E-state index >= 15 is 4.39 Å². The van der Waals surface area contributed by atoms with Crippen LogP contribution in [-0.4, -0.2) is 99.8 Å². The zero-order chi connectivity index (χ0) is 36.4. The largest absolute Gasteiger partial charge is 0.481 e. The summed E-state index contributed by atoms with van der Waals surface area (Å²) in [6.07, 6.45) is 8.31. The molecule has 4 aromatic rings. The van der Waals surface area contributed by atoms with E-state index in [9.17, 15) is 19.5 Å². The third kappa shape index (κ3) is 7.79. The van der Waals surface area contributed by atoms with Crippen LogP contribution in [0.25, 0.3) is 10.9 Å². The number of likely N-dealkylation sites (tertiary alicyclic amines) is 1. The number of hydrogen-bond donors (Lipinski definition) is 2. The van der Waals surface area contributed by atoms with Crippen molar-refractivity contribution in [2.24, 2.45) is 13.0 Å². The number of rotatable bonds is 10. The van der Waals surface area contributed by atoms with Gasteiger partial charge in [0.1, 0.15) is 5.82 Å². The normalized spacial score (nSPS) is 22.5. The molecule has 13 heteroatoms. The minimum absolute atomic E-state index is 0.0524. The van der Waals surface area contributed by atoms with E-state index in [0.717, 1.165) is 49.2 Å². The van der Waals surface area contributed by atoms with Gasteiger partial charge in [-0.15, -0.1) is 0 Å². The third-order valence-electron chi connectivity index (χ3n) is 11.0. The topological polar surface area (TPSA) is 120 Å². The molecule has 52 heavy (non-hydrogen) atoms. The van der Waals surface area contributed by atoms with Gasteiger partial charge < -0.3 is 29.5 Å². The molecule has 274 valence electrons. The first-order valence-electron chi connectivity index (χ1n) is 18.0. The SMILES string of the molecule is Cn1cc(C(=O)Nc2cc(F)c(CC(=O)N3C[C@@H](N4CCN(c5ccncc5)CC4)C[C@H]3COC3CCC(C(=O)O)CC3)cc2Cl)c2ccccc21. The number of ether oxygens (including phenoxy) is 1. The van der Waals surface area contributed by atoms with Crippen LogP contribution < -0.4 is 10.2 Å². The molecule has 3 aliphatic rings. The van der Waals surface area contributed by atoms with Crippen LogP contribution in [0, 0.1) is 11.7 Å². The number of aromatic nitrogens is 2. The smallest absolute Gasteiger partial charge is 0.306 e. The number of halogens is 2. The average molecular weight is 731 g/mol. The highest BCUT2D eigenvalue weighted by Crippen LogP contribution is 2.32.